The lowest BCUT2D eigenvalue weighted by Crippen LogP contribution is -2.23. The Labute approximate surface area is 195 Å². The maximum atomic E-state index is 12.4. The van der Waals surface area contributed by atoms with Gasteiger partial charge in [-0.05, 0) is 24.0 Å². The van der Waals surface area contributed by atoms with E-state index < -0.39 is 0 Å². The van der Waals surface area contributed by atoms with E-state index >= 15 is 0 Å². The molecule has 0 aliphatic rings. The molecule has 0 aliphatic carbocycles. The molecule has 3 rings (SSSR count). The molecular formula is C26H32N2O5. The van der Waals surface area contributed by atoms with Gasteiger partial charge in [0.05, 0.1) is 27.5 Å². The van der Waals surface area contributed by atoms with Gasteiger partial charge >= 0.3 is 0 Å². The fourth-order valence-electron chi connectivity index (χ4n) is 3.57. The highest BCUT2D eigenvalue weighted by atomic mass is 16.5. The van der Waals surface area contributed by atoms with Crippen molar-refractivity contribution in [2.45, 2.75) is 39.7 Å². The standard InChI is InChI=1S/C26H32N2O5/c1-17(2)12-18-6-8-19(9-7-18)24-16-28-26(33-24)11-10-25(29)27-15-20-13-22(31-4)23(32-5)14-21(20)30-3/h6-9,13-14,16-17H,10-12,15H2,1-5H3,(H,27,29). The molecule has 176 valence electrons. The first-order valence-electron chi connectivity index (χ1n) is 11.0. The third-order valence-electron chi connectivity index (χ3n) is 5.26. The van der Waals surface area contributed by atoms with Gasteiger partial charge in [0.1, 0.15) is 5.75 Å². The first kappa shape index (κ1) is 24.2. The van der Waals surface area contributed by atoms with Crippen molar-refractivity contribution in [2.75, 3.05) is 21.3 Å². The van der Waals surface area contributed by atoms with Crippen molar-refractivity contribution in [2.24, 2.45) is 5.92 Å². The number of nitrogens with zero attached hydrogens (tertiary/aromatic N) is 1. The second-order valence-corrected chi connectivity index (χ2v) is 8.21. The van der Waals surface area contributed by atoms with Gasteiger partial charge in [0.25, 0.3) is 0 Å². The van der Waals surface area contributed by atoms with Gasteiger partial charge < -0.3 is 23.9 Å². The van der Waals surface area contributed by atoms with E-state index in [2.05, 4.69) is 36.3 Å². The summed E-state index contributed by atoms with van der Waals surface area (Å²) in [6, 6.07) is 11.9. The largest absolute Gasteiger partial charge is 0.496 e. The minimum Gasteiger partial charge on any atom is -0.496 e. The van der Waals surface area contributed by atoms with Gasteiger partial charge in [0, 0.05) is 36.6 Å². The quantitative estimate of drug-likeness (QED) is 0.449. The van der Waals surface area contributed by atoms with Crippen LogP contribution < -0.4 is 19.5 Å². The molecule has 7 nitrogen and oxygen atoms in total. The van der Waals surface area contributed by atoms with Crippen LogP contribution in [-0.2, 0) is 24.2 Å². The summed E-state index contributed by atoms with van der Waals surface area (Å²) in [6.07, 6.45) is 3.44. The third-order valence-corrected chi connectivity index (χ3v) is 5.26. The van der Waals surface area contributed by atoms with E-state index in [4.69, 9.17) is 18.6 Å². The van der Waals surface area contributed by atoms with Gasteiger partial charge in [-0.15, -0.1) is 0 Å². The highest BCUT2D eigenvalue weighted by Gasteiger charge is 2.14. The van der Waals surface area contributed by atoms with Crippen molar-refractivity contribution < 1.29 is 23.4 Å². The molecule has 3 aromatic rings. The number of carbonyl (C=O) groups is 1. The predicted molar refractivity (Wildman–Crippen MR) is 127 cm³/mol. The lowest BCUT2D eigenvalue weighted by molar-refractivity contribution is -0.121. The highest BCUT2D eigenvalue weighted by molar-refractivity contribution is 5.76. The highest BCUT2D eigenvalue weighted by Crippen LogP contribution is 2.34. The van der Waals surface area contributed by atoms with Crippen molar-refractivity contribution in [3.63, 3.8) is 0 Å². The molecule has 0 unspecified atom stereocenters. The molecule has 2 aromatic carbocycles. The molecule has 33 heavy (non-hydrogen) atoms. The number of hydrogen-bond acceptors (Lipinski definition) is 6. The van der Waals surface area contributed by atoms with Crippen LogP contribution in [0.1, 0.15) is 37.3 Å². The molecule has 1 heterocycles. The Hall–Kier alpha value is -3.48. The van der Waals surface area contributed by atoms with Gasteiger partial charge in [-0.1, -0.05) is 38.1 Å². The Morgan fingerprint density at radius 3 is 2.30 bits per heavy atom. The minimum absolute atomic E-state index is 0.107. The van der Waals surface area contributed by atoms with E-state index in [-0.39, 0.29) is 12.3 Å². The first-order valence-corrected chi connectivity index (χ1v) is 11.0. The molecule has 7 heteroatoms. The summed E-state index contributed by atoms with van der Waals surface area (Å²) in [6.45, 7) is 4.72. The summed E-state index contributed by atoms with van der Waals surface area (Å²) in [5, 5.41) is 2.91. The monoisotopic (exact) mass is 452 g/mol. The van der Waals surface area contributed by atoms with Crippen LogP contribution in [0.5, 0.6) is 17.2 Å². The van der Waals surface area contributed by atoms with E-state index in [1.807, 2.05) is 12.1 Å². The van der Waals surface area contributed by atoms with Crippen molar-refractivity contribution in [1.29, 1.82) is 0 Å². The fraction of sp³-hybridized carbons (Fsp3) is 0.385. The number of benzene rings is 2. The van der Waals surface area contributed by atoms with Crippen LogP contribution in [0.3, 0.4) is 0 Å². The molecule has 0 saturated carbocycles. The lowest BCUT2D eigenvalue weighted by atomic mass is 10.0. The number of aromatic nitrogens is 1. The van der Waals surface area contributed by atoms with Gasteiger partial charge in [-0.25, -0.2) is 4.98 Å². The molecule has 0 atom stereocenters. The van der Waals surface area contributed by atoms with Crippen LogP contribution >= 0.6 is 0 Å². The van der Waals surface area contributed by atoms with Crippen LogP contribution in [-0.4, -0.2) is 32.2 Å². The van der Waals surface area contributed by atoms with Crippen LogP contribution in [0.25, 0.3) is 11.3 Å². The van der Waals surface area contributed by atoms with Crippen molar-refractivity contribution in [3.8, 4) is 28.6 Å². The summed E-state index contributed by atoms with van der Waals surface area (Å²) in [5.41, 5.74) is 3.07. The van der Waals surface area contributed by atoms with Crippen molar-refractivity contribution in [1.82, 2.24) is 10.3 Å². The summed E-state index contributed by atoms with van der Waals surface area (Å²) in [7, 11) is 4.71. The SMILES string of the molecule is COc1cc(OC)c(OC)cc1CNC(=O)CCc1ncc(-c2ccc(CC(C)C)cc2)o1. The zero-order valence-electron chi connectivity index (χ0n) is 19.9. The number of carbonyl (C=O) groups excluding carboxylic acids is 1. The third kappa shape index (κ3) is 6.51. The molecule has 0 saturated heterocycles. The Morgan fingerprint density at radius 2 is 1.67 bits per heavy atom. The summed E-state index contributed by atoms with van der Waals surface area (Å²) in [4.78, 5) is 16.7. The Morgan fingerprint density at radius 1 is 1.00 bits per heavy atom. The molecule has 1 aromatic heterocycles. The summed E-state index contributed by atoms with van der Waals surface area (Å²) < 4.78 is 21.9. The van der Waals surface area contributed by atoms with Gasteiger partial charge in [0.15, 0.2) is 23.1 Å². The molecule has 0 radical (unpaired) electrons. The zero-order valence-corrected chi connectivity index (χ0v) is 19.9. The average Bonchev–Trinajstić information content (AvgIpc) is 3.30. The number of ether oxygens (including phenoxy) is 3. The van der Waals surface area contributed by atoms with E-state index in [1.54, 1.807) is 39.7 Å². The second-order valence-electron chi connectivity index (χ2n) is 8.21. The Kier molecular flexibility index (Phi) is 8.35. The number of methoxy groups -OCH3 is 3. The van der Waals surface area contributed by atoms with Crippen molar-refractivity contribution >= 4 is 5.91 Å². The molecule has 0 spiro atoms. The molecule has 0 fully saturated rings. The fourth-order valence-corrected chi connectivity index (χ4v) is 3.57. The van der Waals surface area contributed by atoms with Crippen LogP contribution in [0.2, 0.25) is 0 Å². The lowest BCUT2D eigenvalue weighted by Gasteiger charge is -2.14. The number of aryl methyl sites for hydroxylation is 1. The van der Waals surface area contributed by atoms with Crippen LogP contribution in [0, 0.1) is 5.92 Å². The maximum Gasteiger partial charge on any atom is 0.220 e. The Balaban J connectivity index is 1.54. The minimum atomic E-state index is -0.107. The maximum absolute atomic E-state index is 12.4. The van der Waals surface area contributed by atoms with E-state index in [1.165, 1.54) is 5.56 Å². The van der Waals surface area contributed by atoms with Crippen LogP contribution in [0.15, 0.2) is 47.0 Å². The average molecular weight is 453 g/mol. The topological polar surface area (TPSA) is 82.8 Å². The molecule has 0 aliphatic heterocycles. The molecule has 0 bridgehead atoms. The predicted octanol–water partition coefficient (Wildman–Crippen LogP) is 4.81. The van der Waals surface area contributed by atoms with E-state index in [0.29, 0.717) is 47.8 Å². The Bertz CT molecular complexity index is 1060. The zero-order chi connectivity index (χ0) is 23.8. The van der Waals surface area contributed by atoms with E-state index in [9.17, 15) is 4.79 Å². The summed E-state index contributed by atoms with van der Waals surface area (Å²) in [5.74, 6) is 3.51. The smallest absolute Gasteiger partial charge is 0.220 e. The van der Waals surface area contributed by atoms with Gasteiger partial charge in [-0.3, -0.25) is 4.79 Å². The normalized spacial score (nSPS) is 10.8. The molecule has 1 amide bonds. The number of amides is 1. The molecule has 1 N–H and O–H groups in total. The first-order chi connectivity index (χ1) is 15.9. The van der Waals surface area contributed by atoms with Crippen LogP contribution in [0.4, 0.5) is 0 Å². The number of hydrogen-bond donors (Lipinski definition) is 1. The van der Waals surface area contributed by atoms with Gasteiger partial charge in [-0.2, -0.15) is 0 Å². The van der Waals surface area contributed by atoms with Crippen molar-refractivity contribution in [3.05, 3.63) is 59.6 Å². The number of oxazole rings is 1. The molecular weight excluding hydrogens is 420 g/mol. The van der Waals surface area contributed by atoms with E-state index in [0.717, 1.165) is 17.5 Å². The second kappa shape index (κ2) is 11.4. The number of nitrogens with one attached hydrogen (secondary N) is 1. The van der Waals surface area contributed by atoms with Gasteiger partial charge in [0.2, 0.25) is 5.91 Å². The summed E-state index contributed by atoms with van der Waals surface area (Å²) >= 11 is 0. The number of rotatable bonds is 11.